The Morgan fingerprint density at radius 3 is 2.70 bits per heavy atom. The van der Waals surface area contributed by atoms with Crippen LogP contribution >= 0.6 is 7.82 Å². The van der Waals surface area contributed by atoms with Crippen LogP contribution in [0, 0.1) is 0 Å². The maximum atomic E-state index is 15.6. The lowest BCUT2D eigenvalue weighted by atomic mass is 9.98. The normalized spacial score (nSPS) is 26.9. The lowest BCUT2D eigenvalue weighted by molar-refractivity contribution is -0.0558. The number of imidazole rings is 1. The van der Waals surface area contributed by atoms with Crippen LogP contribution in [-0.2, 0) is 13.8 Å². The minimum atomic E-state index is -4.55. The molecule has 0 saturated carbocycles. The van der Waals surface area contributed by atoms with E-state index in [1.165, 1.54) is 23.0 Å². The van der Waals surface area contributed by atoms with Gasteiger partial charge in [-0.25, -0.2) is 13.9 Å². The molecular formula is C19H24FN6O6P. The standard InChI is InChI=1S/C19H24FN6O6P/c1-19(20)14(27)12(9-30-33(28,29)32-11-7-5-4-6-8-11)31-17(19)26-10-22-13-15(25(2)3)23-18(21)24-16(13)26/h4-8,10,12,14,17,27H,9H2,1-3H3,(H,28,29)(H2,21,23,24)/t12-,14-,17-,19-/m1/s1. The molecule has 1 unspecified atom stereocenters. The lowest BCUT2D eigenvalue weighted by Gasteiger charge is -2.24. The van der Waals surface area contributed by atoms with Crippen molar-refractivity contribution in [3.8, 4) is 5.75 Å². The Kier molecular flexibility index (Phi) is 6.01. The Balaban J connectivity index is 1.55. The van der Waals surface area contributed by atoms with E-state index in [9.17, 15) is 14.6 Å². The second kappa shape index (κ2) is 8.50. The Hall–Kier alpha value is -2.83. The van der Waals surface area contributed by atoms with Crippen molar-refractivity contribution in [2.45, 2.75) is 31.0 Å². The maximum absolute atomic E-state index is 15.6. The number of hydrogen-bond acceptors (Lipinski definition) is 10. The molecule has 12 nitrogen and oxygen atoms in total. The Morgan fingerprint density at radius 1 is 1.33 bits per heavy atom. The van der Waals surface area contributed by atoms with Crippen LogP contribution in [0.15, 0.2) is 36.7 Å². The third kappa shape index (κ3) is 4.50. The van der Waals surface area contributed by atoms with Crippen LogP contribution in [0.2, 0.25) is 0 Å². The van der Waals surface area contributed by atoms with Crippen molar-refractivity contribution in [3.05, 3.63) is 36.7 Å². The molecule has 1 aliphatic heterocycles. The van der Waals surface area contributed by atoms with Crippen molar-refractivity contribution in [1.29, 1.82) is 0 Å². The first kappa shape index (κ1) is 23.3. The smallest absolute Gasteiger partial charge is 0.404 e. The zero-order valence-electron chi connectivity index (χ0n) is 18.1. The largest absolute Gasteiger partial charge is 0.527 e. The van der Waals surface area contributed by atoms with Gasteiger partial charge in [0.15, 0.2) is 28.9 Å². The zero-order chi connectivity index (χ0) is 24.0. The summed E-state index contributed by atoms with van der Waals surface area (Å²) in [6, 6.07) is 7.89. The average Bonchev–Trinajstić information content (AvgIpc) is 3.25. The molecule has 2 aromatic heterocycles. The maximum Gasteiger partial charge on any atom is 0.527 e. The van der Waals surface area contributed by atoms with Crippen molar-refractivity contribution < 1.29 is 32.7 Å². The Bertz CT molecular complexity index is 1190. The van der Waals surface area contributed by atoms with Gasteiger partial charge in [-0.05, 0) is 19.1 Å². The predicted molar refractivity (Wildman–Crippen MR) is 116 cm³/mol. The van der Waals surface area contributed by atoms with Gasteiger partial charge in [0, 0.05) is 14.1 Å². The molecule has 0 spiro atoms. The molecule has 5 atom stereocenters. The van der Waals surface area contributed by atoms with Gasteiger partial charge in [-0.15, -0.1) is 0 Å². The minimum Gasteiger partial charge on any atom is -0.404 e. The number of phosphoric ester groups is 1. The van der Waals surface area contributed by atoms with Crippen LogP contribution < -0.4 is 15.2 Å². The van der Waals surface area contributed by atoms with Crippen LogP contribution in [-0.4, -0.2) is 68.1 Å². The number of nitrogens with zero attached hydrogens (tertiary/aromatic N) is 5. The molecule has 3 heterocycles. The summed E-state index contributed by atoms with van der Waals surface area (Å²) in [4.78, 5) is 24.2. The number of halogens is 1. The first-order chi connectivity index (χ1) is 15.5. The zero-order valence-corrected chi connectivity index (χ0v) is 19.0. The van der Waals surface area contributed by atoms with Gasteiger partial charge in [0.1, 0.15) is 18.0 Å². The van der Waals surface area contributed by atoms with Gasteiger partial charge in [-0.1, -0.05) is 18.2 Å². The van der Waals surface area contributed by atoms with Crippen molar-refractivity contribution in [2.24, 2.45) is 0 Å². The third-order valence-corrected chi connectivity index (χ3v) is 6.10. The molecule has 4 N–H and O–H groups in total. The molecule has 14 heteroatoms. The summed E-state index contributed by atoms with van der Waals surface area (Å²) in [6.45, 7) is 0.537. The van der Waals surface area contributed by atoms with Gasteiger partial charge in [-0.3, -0.25) is 14.0 Å². The van der Waals surface area contributed by atoms with Crippen LogP contribution in [0.25, 0.3) is 11.2 Å². The molecule has 0 amide bonds. The second-order valence-electron chi connectivity index (χ2n) is 7.92. The van der Waals surface area contributed by atoms with Gasteiger partial charge >= 0.3 is 7.82 Å². The number of para-hydroxylation sites is 1. The van der Waals surface area contributed by atoms with Crippen molar-refractivity contribution in [3.63, 3.8) is 0 Å². The fraction of sp³-hybridized carbons (Fsp3) is 0.421. The molecule has 4 rings (SSSR count). The minimum absolute atomic E-state index is 0.0498. The van der Waals surface area contributed by atoms with Crippen LogP contribution in [0.5, 0.6) is 5.75 Å². The van der Waals surface area contributed by atoms with E-state index < -0.39 is 38.5 Å². The second-order valence-corrected chi connectivity index (χ2v) is 9.29. The van der Waals surface area contributed by atoms with Crippen LogP contribution in [0.4, 0.5) is 16.2 Å². The first-order valence-corrected chi connectivity index (χ1v) is 11.4. The average molecular weight is 482 g/mol. The molecule has 0 radical (unpaired) electrons. The van der Waals surface area contributed by atoms with E-state index in [1.54, 1.807) is 37.2 Å². The highest BCUT2D eigenvalue weighted by Gasteiger charge is 2.56. The number of nitrogen functional groups attached to an aromatic ring is 1. The highest BCUT2D eigenvalue weighted by Crippen LogP contribution is 2.47. The van der Waals surface area contributed by atoms with E-state index in [1.807, 2.05) is 0 Å². The number of nitrogens with two attached hydrogens (primary N) is 1. The lowest BCUT2D eigenvalue weighted by Crippen LogP contribution is -2.40. The summed E-state index contributed by atoms with van der Waals surface area (Å²) in [6.07, 6.45) is -3.04. The van der Waals surface area contributed by atoms with Gasteiger partial charge in [-0.2, -0.15) is 9.97 Å². The summed E-state index contributed by atoms with van der Waals surface area (Å²) >= 11 is 0. The highest BCUT2D eigenvalue weighted by atomic mass is 31.2. The van der Waals surface area contributed by atoms with E-state index in [0.717, 1.165) is 6.92 Å². The number of phosphoric acid groups is 1. The van der Waals surface area contributed by atoms with Crippen molar-refractivity contribution >= 4 is 30.8 Å². The third-order valence-electron chi connectivity index (χ3n) is 5.18. The van der Waals surface area contributed by atoms with Crippen LogP contribution in [0.1, 0.15) is 13.2 Å². The molecule has 3 aromatic rings. The number of alkyl halides is 1. The summed E-state index contributed by atoms with van der Waals surface area (Å²) in [5, 5.41) is 10.6. The van der Waals surface area contributed by atoms with E-state index in [-0.39, 0.29) is 17.3 Å². The van der Waals surface area contributed by atoms with Gasteiger partial charge in [0.2, 0.25) is 5.95 Å². The molecule has 0 bridgehead atoms. The fourth-order valence-corrected chi connectivity index (χ4v) is 4.34. The number of aliphatic hydroxyl groups excluding tert-OH is 1. The van der Waals surface area contributed by atoms with E-state index in [4.69, 9.17) is 19.5 Å². The van der Waals surface area contributed by atoms with Gasteiger partial charge < -0.3 is 25.0 Å². The number of fused-ring (bicyclic) bond motifs is 1. The topological polar surface area (TPSA) is 158 Å². The molecule has 1 aliphatic rings. The van der Waals surface area contributed by atoms with Gasteiger partial charge in [0.05, 0.1) is 12.9 Å². The Labute approximate surface area is 188 Å². The van der Waals surface area contributed by atoms with Crippen LogP contribution in [0.3, 0.4) is 0 Å². The monoisotopic (exact) mass is 482 g/mol. The number of aliphatic hydroxyl groups is 1. The number of rotatable bonds is 7. The molecule has 1 saturated heterocycles. The number of aromatic nitrogens is 4. The van der Waals surface area contributed by atoms with Crippen molar-refractivity contribution in [2.75, 3.05) is 31.3 Å². The molecule has 0 aliphatic carbocycles. The van der Waals surface area contributed by atoms with E-state index in [0.29, 0.717) is 11.3 Å². The number of anilines is 2. The summed E-state index contributed by atoms with van der Waals surface area (Å²) in [7, 11) is -1.07. The predicted octanol–water partition coefficient (Wildman–Crippen LogP) is 1.66. The number of hydrogen-bond donors (Lipinski definition) is 3. The molecular weight excluding hydrogens is 458 g/mol. The molecule has 1 aromatic carbocycles. The first-order valence-electron chi connectivity index (χ1n) is 9.91. The highest BCUT2D eigenvalue weighted by molar-refractivity contribution is 7.47. The summed E-state index contributed by atoms with van der Waals surface area (Å²) in [5.74, 6) is 0.490. The quantitative estimate of drug-likeness (QED) is 0.421. The van der Waals surface area contributed by atoms with Gasteiger partial charge in [0.25, 0.3) is 0 Å². The van der Waals surface area contributed by atoms with E-state index >= 15 is 4.39 Å². The molecule has 178 valence electrons. The Morgan fingerprint density at radius 2 is 2.03 bits per heavy atom. The molecule has 33 heavy (non-hydrogen) atoms. The summed E-state index contributed by atoms with van der Waals surface area (Å²) < 4.78 is 44.8. The number of benzene rings is 1. The fourth-order valence-electron chi connectivity index (χ4n) is 3.56. The SMILES string of the molecule is CN(C)c1nc(N)nc2c1ncn2[C@@H]1O[C@H](COP(=O)(O)Oc2ccccc2)[C@@H](O)[C@@]1(C)F. The van der Waals surface area contributed by atoms with E-state index in [2.05, 4.69) is 15.0 Å². The number of ether oxygens (including phenoxy) is 1. The summed E-state index contributed by atoms with van der Waals surface area (Å²) in [5.41, 5.74) is 4.05. The molecule has 1 fully saturated rings. The van der Waals surface area contributed by atoms with Crippen molar-refractivity contribution in [1.82, 2.24) is 19.5 Å².